The van der Waals surface area contributed by atoms with Gasteiger partial charge in [0.15, 0.2) is 5.82 Å². The van der Waals surface area contributed by atoms with Crippen LogP contribution < -0.4 is 10.6 Å². The molecule has 6 heteroatoms. The maximum atomic E-state index is 5.09. The van der Waals surface area contributed by atoms with Gasteiger partial charge in [-0.2, -0.15) is 4.98 Å². The summed E-state index contributed by atoms with van der Waals surface area (Å²) in [7, 11) is 3.57. The molecule has 0 radical (unpaired) electrons. The summed E-state index contributed by atoms with van der Waals surface area (Å²) in [6.45, 7) is 1.80. The minimum atomic E-state index is 0.0396. The maximum absolute atomic E-state index is 5.09. The van der Waals surface area contributed by atoms with Gasteiger partial charge in [-0.1, -0.05) is 11.2 Å². The van der Waals surface area contributed by atoms with Crippen LogP contribution in [0.3, 0.4) is 0 Å². The molecule has 88 valence electrons. The van der Waals surface area contributed by atoms with E-state index in [1.165, 1.54) is 0 Å². The topological polar surface area (TPSA) is 75.3 Å². The van der Waals surface area contributed by atoms with Crippen LogP contribution in [0.4, 0.5) is 0 Å². The van der Waals surface area contributed by atoms with E-state index in [0.29, 0.717) is 11.7 Å². The van der Waals surface area contributed by atoms with Crippen LogP contribution in [0.5, 0.6) is 0 Å². The van der Waals surface area contributed by atoms with E-state index >= 15 is 0 Å². The Balaban J connectivity index is 2.46. The molecule has 2 N–H and O–H groups in total. The predicted octanol–water partition coefficient (Wildman–Crippen LogP) is 0.790. The second-order valence-corrected chi connectivity index (χ2v) is 3.21. The molecule has 0 aliphatic heterocycles. The average molecular weight is 223 g/mol. The van der Waals surface area contributed by atoms with Crippen molar-refractivity contribution >= 4 is 6.34 Å². The van der Waals surface area contributed by atoms with Gasteiger partial charge in [-0.25, -0.2) is 0 Å². The highest BCUT2D eigenvalue weighted by molar-refractivity contribution is 5.55. The van der Waals surface area contributed by atoms with Crippen LogP contribution in [-0.4, -0.2) is 30.6 Å². The van der Waals surface area contributed by atoms with E-state index in [9.17, 15) is 0 Å². The zero-order valence-electron chi connectivity index (χ0n) is 9.77. The van der Waals surface area contributed by atoms with Gasteiger partial charge in [-0.15, -0.1) is 0 Å². The van der Waals surface area contributed by atoms with Crippen LogP contribution in [0.2, 0.25) is 0 Å². The molecule has 1 rings (SSSR count). The Hall–Kier alpha value is -1.69. The molecule has 0 aliphatic rings. The lowest BCUT2D eigenvalue weighted by Crippen LogP contribution is -2.16. The summed E-state index contributed by atoms with van der Waals surface area (Å²) in [6.07, 6.45) is 6.17. The summed E-state index contributed by atoms with van der Waals surface area (Å²) in [6, 6.07) is 0.0396. The van der Waals surface area contributed by atoms with E-state index in [1.807, 2.05) is 19.3 Å². The summed E-state index contributed by atoms with van der Waals surface area (Å²) in [4.78, 5) is 7.97. The van der Waals surface area contributed by atoms with Crippen molar-refractivity contribution in [1.82, 2.24) is 20.8 Å². The van der Waals surface area contributed by atoms with Crippen molar-refractivity contribution in [1.29, 1.82) is 0 Å². The molecule has 6 nitrogen and oxygen atoms in total. The summed E-state index contributed by atoms with van der Waals surface area (Å²) in [5.41, 5.74) is 0. The van der Waals surface area contributed by atoms with Gasteiger partial charge in [0.05, 0.1) is 12.4 Å². The van der Waals surface area contributed by atoms with Crippen molar-refractivity contribution in [2.24, 2.45) is 4.99 Å². The molecular weight excluding hydrogens is 206 g/mol. The molecule has 0 aliphatic carbocycles. The average Bonchev–Trinajstić information content (AvgIpc) is 2.70. The minimum absolute atomic E-state index is 0.0396. The number of aromatic nitrogens is 2. The number of aliphatic imine (C=N–C) groups is 1. The molecule has 0 amide bonds. The molecule has 0 bridgehead atoms. The van der Waals surface area contributed by atoms with E-state index in [2.05, 4.69) is 25.8 Å². The Kier molecular flexibility index (Phi) is 5.21. The third-order valence-electron chi connectivity index (χ3n) is 1.98. The van der Waals surface area contributed by atoms with Gasteiger partial charge in [-0.3, -0.25) is 4.99 Å². The highest BCUT2D eigenvalue weighted by Crippen LogP contribution is 2.13. The zero-order chi connectivity index (χ0) is 11.8. The number of nitrogens with one attached hydrogen (secondary N) is 2. The fraction of sp³-hybridized carbons (Fsp3) is 0.500. The van der Waals surface area contributed by atoms with E-state index in [-0.39, 0.29) is 6.04 Å². The van der Waals surface area contributed by atoms with Crippen LogP contribution >= 0.6 is 0 Å². The summed E-state index contributed by atoms with van der Waals surface area (Å²) >= 11 is 0. The van der Waals surface area contributed by atoms with Gasteiger partial charge in [0, 0.05) is 7.05 Å². The smallest absolute Gasteiger partial charge is 0.244 e. The Morgan fingerprint density at radius 3 is 2.94 bits per heavy atom. The Morgan fingerprint density at radius 2 is 2.38 bits per heavy atom. The largest absolute Gasteiger partial charge is 0.353 e. The van der Waals surface area contributed by atoms with Gasteiger partial charge < -0.3 is 15.2 Å². The third-order valence-corrected chi connectivity index (χ3v) is 1.98. The molecule has 0 aromatic carbocycles. The molecule has 1 heterocycles. The van der Waals surface area contributed by atoms with Crippen molar-refractivity contribution < 1.29 is 4.52 Å². The first kappa shape index (κ1) is 12.4. The van der Waals surface area contributed by atoms with E-state index < -0.39 is 0 Å². The first-order chi connectivity index (χ1) is 7.77. The Morgan fingerprint density at radius 1 is 1.56 bits per heavy atom. The van der Waals surface area contributed by atoms with Crippen molar-refractivity contribution in [3.8, 4) is 0 Å². The summed E-state index contributed by atoms with van der Waals surface area (Å²) < 4.78 is 5.09. The molecule has 16 heavy (non-hydrogen) atoms. The van der Waals surface area contributed by atoms with Crippen LogP contribution in [-0.2, 0) is 0 Å². The lowest BCUT2D eigenvalue weighted by molar-refractivity contribution is 0.336. The van der Waals surface area contributed by atoms with Crippen molar-refractivity contribution in [2.75, 3.05) is 14.1 Å². The number of aryl methyl sites for hydroxylation is 1. The van der Waals surface area contributed by atoms with Crippen molar-refractivity contribution in [2.45, 2.75) is 19.4 Å². The van der Waals surface area contributed by atoms with Crippen LogP contribution in [0, 0.1) is 6.92 Å². The monoisotopic (exact) mass is 223 g/mol. The quantitative estimate of drug-likeness (QED) is 0.551. The summed E-state index contributed by atoms with van der Waals surface area (Å²) in [5.74, 6) is 1.25. The predicted molar refractivity (Wildman–Crippen MR) is 62.1 cm³/mol. The van der Waals surface area contributed by atoms with Gasteiger partial charge >= 0.3 is 0 Å². The molecule has 1 aromatic heterocycles. The molecule has 0 spiro atoms. The standard InChI is InChI=1S/C10H17N5O/c1-8-14-10(16-15-8)9(12-3)5-4-6-13-7-11-2/h4,6-7,9,12H,5H2,1-3H3,(H,11,13)/b6-4+. The van der Waals surface area contributed by atoms with Crippen LogP contribution in [0.25, 0.3) is 0 Å². The number of rotatable bonds is 6. The number of nitrogens with zero attached hydrogens (tertiary/aromatic N) is 3. The van der Waals surface area contributed by atoms with Gasteiger partial charge in [0.25, 0.3) is 0 Å². The lowest BCUT2D eigenvalue weighted by Gasteiger charge is -2.07. The first-order valence-corrected chi connectivity index (χ1v) is 5.07. The van der Waals surface area contributed by atoms with Gasteiger partial charge in [0.1, 0.15) is 0 Å². The normalized spacial score (nSPS) is 13.7. The Labute approximate surface area is 94.8 Å². The summed E-state index contributed by atoms with van der Waals surface area (Å²) in [5, 5.41) is 9.77. The number of hydrogen-bond acceptors (Lipinski definition) is 5. The van der Waals surface area contributed by atoms with Crippen LogP contribution in [0.1, 0.15) is 24.2 Å². The van der Waals surface area contributed by atoms with Crippen molar-refractivity contribution in [3.63, 3.8) is 0 Å². The lowest BCUT2D eigenvalue weighted by atomic mass is 10.2. The Bertz CT molecular complexity index is 358. The maximum Gasteiger partial charge on any atom is 0.244 e. The fourth-order valence-electron chi connectivity index (χ4n) is 1.19. The zero-order valence-corrected chi connectivity index (χ0v) is 9.77. The van der Waals surface area contributed by atoms with E-state index in [0.717, 1.165) is 6.42 Å². The molecule has 0 saturated heterocycles. The third kappa shape index (κ3) is 3.82. The van der Waals surface area contributed by atoms with E-state index in [1.54, 1.807) is 20.3 Å². The second-order valence-electron chi connectivity index (χ2n) is 3.21. The van der Waals surface area contributed by atoms with Gasteiger partial charge in [0.2, 0.25) is 5.89 Å². The van der Waals surface area contributed by atoms with Crippen LogP contribution in [0.15, 0.2) is 21.8 Å². The highest BCUT2D eigenvalue weighted by Gasteiger charge is 2.13. The molecular formula is C10H17N5O. The minimum Gasteiger partial charge on any atom is -0.353 e. The van der Waals surface area contributed by atoms with Gasteiger partial charge in [-0.05, 0) is 26.6 Å². The SMILES string of the molecule is CN=CN/C=C/CC(NC)c1nc(C)no1. The molecule has 1 aromatic rings. The molecule has 1 atom stereocenters. The fourth-order valence-corrected chi connectivity index (χ4v) is 1.19. The first-order valence-electron chi connectivity index (χ1n) is 5.07. The number of hydrogen-bond donors (Lipinski definition) is 2. The van der Waals surface area contributed by atoms with Crippen molar-refractivity contribution in [3.05, 3.63) is 24.0 Å². The molecule has 1 unspecified atom stereocenters. The van der Waals surface area contributed by atoms with E-state index in [4.69, 9.17) is 4.52 Å². The molecule has 0 saturated carbocycles. The second kappa shape index (κ2) is 6.73. The highest BCUT2D eigenvalue weighted by atomic mass is 16.5. The molecule has 0 fully saturated rings.